The Morgan fingerprint density at radius 2 is 1.78 bits per heavy atom. The Bertz CT molecular complexity index is 1310. The van der Waals surface area contributed by atoms with Crippen molar-refractivity contribution in [3.63, 3.8) is 0 Å². The maximum Gasteiger partial charge on any atom is 0.161 e. The predicted molar refractivity (Wildman–Crippen MR) is 121 cm³/mol. The normalized spacial score (nSPS) is 12.4. The molecule has 3 aromatic heterocycles. The lowest BCUT2D eigenvalue weighted by Gasteiger charge is -2.21. The number of methoxy groups -OCH3 is 2. The van der Waals surface area contributed by atoms with Crippen LogP contribution < -0.4 is 15.0 Å². The minimum Gasteiger partial charge on any atom is -0.497 e. The Kier molecular flexibility index (Phi) is 5.67. The van der Waals surface area contributed by atoms with Gasteiger partial charge in [0.25, 0.3) is 0 Å². The third-order valence-electron chi connectivity index (χ3n) is 4.83. The van der Waals surface area contributed by atoms with Crippen molar-refractivity contribution in [1.82, 2.24) is 24.3 Å². The zero-order valence-corrected chi connectivity index (χ0v) is 18.8. The standard InChI is InChI=1S/C23H26N6O3/c1-23(2,30)14-29-21(26-16-8-17(31-4)10-18(9-16)32-5)7-6-19-22(29)27-20(12-24-19)15-11-25-28(3)13-15/h6-13,30H,14H2,1-5H3. The van der Waals surface area contributed by atoms with Crippen LogP contribution in [0.4, 0.5) is 5.69 Å². The molecule has 0 radical (unpaired) electrons. The summed E-state index contributed by atoms with van der Waals surface area (Å²) >= 11 is 0. The topological polar surface area (TPSA) is 99.6 Å². The number of hydrogen-bond acceptors (Lipinski definition) is 7. The summed E-state index contributed by atoms with van der Waals surface area (Å²) in [6.07, 6.45) is 5.34. The maximum atomic E-state index is 10.6. The molecule has 0 atom stereocenters. The van der Waals surface area contributed by atoms with Gasteiger partial charge in [-0.1, -0.05) is 0 Å². The van der Waals surface area contributed by atoms with E-state index in [4.69, 9.17) is 19.5 Å². The average molecular weight is 435 g/mol. The monoisotopic (exact) mass is 434 g/mol. The second-order valence-electron chi connectivity index (χ2n) is 8.14. The van der Waals surface area contributed by atoms with E-state index in [0.717, 1.165) is 5.56 Å². The number of benzene rings is 1. The van der Waals surface area contributed by atoms with Gasteiger partial charge in [0.05, 0.1) is 50.1 Å². The summed E-state index contributed by atoms with van der Waals surface area (Å²) < 4.78 is 14.3. The lowest BCUT2D eigenvalue weighted by atomic mass is 10.1. The fourth-order valence-electron chi connectivity index (χ4n) is 3.38. The smallest absolute Gasteiger partial charge is 0.161 e. The van der Waals surface area contributed by atoms with Crippen LogP contribution in [0.5, 0.6) is 11.5 Å². The Labute approximate surface area is 185 Å². The summed E-state index contributed by atoms with van der Waals surface area (Å²) in [6.45, 7) is 3.76. The van der Waals surface area contributed by atoms with Gasteiger partial charge in [-0.15, -0.1) is 0 Å². The number of nitrogens with zero attached hydrogens (tertiary/aromatic N) is 6. The summed E-state index contributed by atoms with van der Waals surface area (Å²) in [6, 6.07) is 9.15. The lowest BCUT2D eigenvalue weighted by Crippen LogP contribution is -2.33. The van der Waals surface area contributed by atoms with Crippen molar-refractivity contribution in [2.45, 2.75) is 26.0 Å². The minimum atomic E-state index is -0.999. The maximum absolute atomic E-state index is 10.6. The number of rotatable bonds is 6. The van der Waals surface area contributed by atoms with Crippen molar-refractivity contribution in [2.24, 2.45) is 12.0 Å². The molecule has 32 heavy (non-hydrogen) atoms. The number of aryl methyl sites for hydroxylation is 1. The molecule has 0 aliphatic carbocycles. The number of hydrogen-bond donors (Lipinski definition) is 1. The van der Waals surface area contributed by atoms with Crippen molar-refractivity contribution in [2.75, 3.05) is 14.2 Å². The summed E-state index contributed by atoms with van der Waals surface area (Å²) in [5, 5.41) is 14.8. The van der Waals surface area contributed by atoms with E-state index in [1.54, 1.807) is 51.2 Å². The Hall–Kier alpha value is -3.72. The Morgan fingerprint density at radius 1 is 1.06 bits per heavy atom. The van der Waals surface area contributed by atoms with E-state index >= 15 is 0 Å². The first-order valence-electron chi connectivity index (χ1n) is 10.1. The average Bonchev–Trinajstić information content (AvgIpc) is 3.20. The highest BCUT2D eigenvalue weighted by Gasteiger charge is 2.17. The fourth-order valence-corrected chi connectivity index (χ4v) is 3.38. The first kappa shape index (κ1) is 21.5. The van der Waals surface area contributed by atoms with E-state index in [1.165, 1.54) is 0 Å². The van der Waals surface area contributed by atoms with Crippen LogP contribution in [0, 0.1) is 0 Å². The number of ether oxygens (including phenoxy) is 2. The van der Waals surface area contributed by atoms with Crippen molar-refractivity contribution in [3.8, 4) is 22.8 Å². The van der Waals surface area contributed by atoms with Crippen molar-refractivity contribution in [3.05, 3.63) is 54.4 Å². The zero-order chi connectivity index (χ0) is 22.9. The quantitative estimate of drug-likeness (QED) is 0.501. The van der Waals surface area contributed by atoms with Gasteiger partial charge in [-0.05, 0) is 26.0 Å². The molecular formula is C23H26N6O3. The second-order valence-corrected chi connectivity index (χ2v) is 8.14. The molecule has 4 rings (SSSR count). The molecule has 0 saturated carbocycles. The lowest BCUT2D eigenvalue weighted by molar-refractivity contribution is 0.0614. The van der Waals surface area contributed by atoms with E-state index < -0.39 is 5.60 Å². The fraction of sp³-hybridized carbons (Fsp3) is 0.304. The summed E-state index contributed by atoms with van der Waals surface area (Å²) in [5.41, 5.74) is 3.14. The van der Waals surface area contributed by atoms with Gasteiger partial charge in [0.15, 0.2) is 5.65 Å². The minimum absolute atomic E-state index is 0.273. The molecule has 0 unspecified atom stereocenters. The number of aliphatic hydroxyl groups is 1. The SMILES string of the molecule is COc1cc(N=c2ccc3ncc(-c4cnn(C)c4)nc3n2CC(C)(C)O)cc(OC)c1. The van der Waals surface area contributed by atoms with Gasteiger partial charge >= 0.3 is 0 Å². The molecule has 0 aliphatic rings. The first-order valence-corrected chi connectivity index (χ1v) is 10.1. The van der Waals surface area contributed by atoms with E-state index in [2.05, 4.69) is 10.1 Å². The van der Waals surface area contributed by atoms with Crippen molar-refractivity contribution >= 4 is 16.9 Å². The molecule has 0 bridgehead atoms. The van der Waals surface area contributed by atoms with Crippen LogP contribution in [0.1, 0.15) is 13.8 Å². The van der Waals surface area contributed by atoms with Crippen molar-refractivity contribution < 1.29 is 14.6 Å². The molecule has 0 amide bonds. The molecule has 0 saturated heterocycles. The number of pyridine rings is 1. The van der Waals surface area contributed by atoms with Gasteiger partial charge in [-0.25, -0.2) is 9.98 Å². The zero-order valence-electron chi connectivity index (χ0n) is 18.8. The third kappa shape index (κ3) is 4.62. The predicted octanol–water partition coefficient (Wildman–Crippen LogP) is 2.85. The molecule has 3 heterocycles. The highest BCUT2D eigenvalue weighted by Crippen LogP contribution is 2.27. The van der Waals surface area contributed by atoms with E-state index in [0.29, 0.717) is 39.5 Å². The van der Waals surface area contributed by atoms with Crippen LogP contribution in [-0.4, -0.2) is 49.2 Å². The second kappa shape index (κ2) is 8.43. The van der Waals surface area contributed by atoms with Crippen LogP contribution in [0.2, 0.25) is 0 Å². The van der Waals surface area contributed by atoms with E-state index in [9.17, 15) is 5.11 Å². The van der Waals surface area contributed by atoms with E-state index in [-0.39, 0.29) is 6.54 Å². The first-order chi connectivity index (χ1) is 15.3. The largest absolute Gasteiger partial charge is 0.497 e. The van der Waals surface area contributed by atoms with Gasteiger partial charge in [-0.2, -0.15) is 5.10 Å². The molecule has 9 nitrogen and oxygen atoms in total. The third-order valence-corrected chi connectivity index (χ3v) is 4.83. The molecular weight excluding hydrogens is 408 g/mol. The van der Waals surface area contributed by atoms with Crippen LogP contribution in [0.15, 0.2) is 53.9 Å². The summed E-state index contributed by atoms with van der Waals surface area (Å²) in [5.74, 6) is 1.27. The number of aromatic nitrogens is 5. The molecule has 0 spiro atoms. The molecule has 1 aromatic carbocycles. The van der Waals surface area contributed by atoms with Crippen LogP contribution in [0.25, 0.3) is 22.4 Å². The van der Waals surface area contributed by atoms with Gasteiger partial charge in [-0.3, -0.25) is 9.67 Å². The summed E-state index contributed by atoms with van der Waals surface area (Å²) in [4.78, 5) is 14.2. The summed E-state index contributed by atoms with van der Waals surface area (Å²) in [7, 11) is 5.04. The molecule has 9 heteroatoms. The molecule has 1 N–H and O–H groups in total. The van der Waals surface area contributed by atoms with Gasteiger partial charge < -0.3 is 19.1 Å². The molecule has 4 aromatic rings. The van der Waals surface area contributed by atoms with Gasteiger partial charge in [0, 0.05) is 37.0 Å². The molecule has 0 fully saturated rings. The Balaban J connectivity index is 1.96. The Morgan fingerprint density at radius 3 is 2.38 bits per heavy atom. The van der Waals surface area contributed by atoms with Gasteiger partial charge in [0.2, 0.25) is 0 Å². The van der Waals surface area contributed by atoms with E-state index in [1.807, 2.05) is 42.1 Å². The highest BCUT2D eigenvalue weighted by atomic mass is 16.5. The van der Waals surface area contributed by atoms with Crippen LogP contribution >= 0.6 is 0 Å². The number of fused-ring (bicyclic) bond motifs is 1. The molecule has 166 valence electrons. The van der Waals surface area contributed by atoms with Crippen LogP contribution in [0.3, 0.4) is 0 Å². The highest BCUT2D eigenvalue weighted by molar-refractivity contribution is 5.73. The molecule has 0 aliphatic heterocycles. The van der Waals surface area contributed by atoms with Crippen LogP contribution in [-0.2, 0) is 13.6 Å². The van der Waals surface area contributed by atoms with Gasteiger partial charge in [0.1, 0.15) is 22.5 Å². The van der Waals surface area contributed by atoms with Crippen molar-refractivity contribution in [1.29, 1.82) is 0 Å².